The van der Waals surface area contributed by atoms with Gasteiger partial charge in [0.05, 0.1) is 6.61 Å². The molecule has 0 rings (SSSR count). The number of carbonyl (C=O) groups is 1. The monoisotopic (exact) mass is 205 g/mol. The molecule has 56 valence electrons. The van der Waals surface area contributed by atoms with Gasteiger partial charge in [-0.2, -0.15) is 0 Å². The van der Waals surface area contributed by atoms with Crippen LogP contribution in [0.4, 0.5) is 0 Å². The standard InChI is InChI=1S/C4H10B2BrNO2/c5-4(6,7)3(10)8-1-2-9/h9H,1-2,5-6H2,(H,8,10). The van der Waals surface area contributed by atoms with Gasteiger partial charge in [-0.05, 0) is 0 Å². The molecule has 0 aromatic heterocycles. The van der Waals surface area contributed by atoms with Crippen molar-refractivity contribution in [2.75, 3.05) is 13.2 Å². The molecule has 0 saturated carbocycles. The van der Waals surface area contributed by atoms with Crippen LogP contribution in [0.2, 0.25) is 0 Å². The Morgan fingerprint density at radius 1 is 1.70 bits per heavy atom. The first-order valence-electron chi connectivity index (χ1n) is 3.06. The smallest absolute Gasteiger partial charge is 0.220 e. The van der Waals surface area contributed by atoms with Crippen LogP contribution in [0.15, 0.2) is 0 Å². The maximum absolute atomic E-state index is 11.0. The third-order valence-corrected chi connectivity index (χ3v) is 1.30. The molecule has 0 bridgehead atoms. The van der Waals surface area contributed by atoms with Crippen molar-refractivity contribution in [3.63, 3.8) is 0 Å². The van der Waals surface area contributed by atoms with E-state index in [9.17, 15) is 4.79 Å². The minimum atomic E-state index is -0.540. The fourth-order valence-corrected chi connectivity index (χ4v) is 0.520. The highest BCUT2D eigenvalue weighted by Crippen LogP contribution is 2.06. The molecule has 0 atom stereocenters. The largest absolute Gasteiger partial charge is 0.395 e. The van der Waals surface area contributed by atoms with E-state index in [2.05, 4.69) is 21.2 Å². The molecule has 0 radical (unpaired) electrons. The normalized spacial score (nSPS) is 11.0. The molecular weight excluding hydrogens is 196 g/mol. The minimum Gasteiger partial charge on any atom is -0.395 e. The summed E-state index contributed by atoms with van der Waals surface area (Å²) in [6, 6.07) is 0. The molecule has 0 aromatic carbocycles. The molecule has 0 aromatic rings. The van der Waals surface area contributed by atoms with Gasteiger partial charge in [0, 0.05) is 10.7 Å². The van der Waals surface area contributed by atoms with E-state index in [-0.39, 0.29) is 12.5 Å². The second-order valence-corrected chi connectivity index (χ2v) is 4.43. The summed E-state index contributed by atoms with van der Waals surface area (Å²) in [7, 11) is 3.50. The van der Waals surface area contributed by atoms with Gasteiger partial charge < -0.3 is 10.4 Å². The molecule has 10 heavy (non-hydrogen) atoms. The van der Waals surface area contributed by atoms with Crippen molar-refractivity contribution in [2.24, 2.45) is 0 Å². The second-order valence-electron chi connectivity index (χ2n) is 2.45. The molecule has 2 N–H and O–H groups in total. The highest BCUT2D eigenvalue weighted by molar-refractivity contribution is 9.11. The molecule has 6 heteroatoms. The van der Waals surface area contributed by atoms with Crippen molar-refractivity contribution in [1.82, 2.24) is 5.32 Å². The molecular formula is C4H10B2BrNO2. The van der Waals surface area contributed by atoms with Crippen molar-refractivity contribution in [3.8, 4) is 0 Å². The van der Waals surface area contributed by atoms with Crippen LogP contribution in [-0.4, -0.2) is 44.0 Å². The summed E-state index contributed by atoms with van der Waals surface area (Å²) < 4.78 is -0.540. The Balaban J connectivity index is 3.64. The van der Waals surface area contributed by atoms with Crippen molar-refractivity contribution in [3.05, 3.63) is 0 Å². The first kappa shape index (κ1) is 10.0. The van der Waals surface area contributed by atoms with Crippen molar-refractivity contribution < 1.29 is 9.90 Å². The zero-order valence-corrected chi connectivity index (χ0v) is 7.73. The first-order valence-corrected chi connectivity index (χ1v) is 3.86. The Morgan fingerprint density at radius 2 is 2.20 bits per heavy atom. The number of hydrogen-bond donors (Lipinski definition) is 2. The van der Waals surface area contributed by atoms with Gasteiger partial charge >= 0.3 is 0 Å². The summed E-state index contributed by atoms with van der Waals surface area (Å²) >= 11 is 3.18. The highest BCUT2D eigenvalue weighted by Gasteiger charge is 2.22. The average Bonchev–Trinajstić information content (AvgIpc) is 1.80. The number of amides is 1. The fraction of sp³-hybridized carbons (Fsp3) is 0.750. The summed E-state index contributed by atoms with van der Waals surface area (Å²) in [4.78, 5) is 11.0. The lowest BCUT2D eigenvalue weighted by Gasteiger charge is -2.14. The van der Waals surface area contributed by atoms with Crippen LogP contribution >= 0.6 is 15.9 Å². The Morgan fingerprint density at radius 3 is 2.50 bits per heavy atom. The predicted octanol–water partition coefficient (Wildman–Crippen LogP) is -2.59. The quantitative estimate of drug-likeness (QED) is 0.393. The molecule has 0 aliphatic carbocycles. The van der Waals surface area contributed by atoms with E-state index in [1.165, 1.54) is 0 Å². The third kappa shape index (κ3) is 3.95. The lowest BCUT2D eigenvalue weighted by molar-refractivity contribution is -0.120. The van der Waals surface area contributed by atoms with Crippen LogP contribution in [0.1, 0.15) is 0 Å². The van der Waals surface area contributed by atoms with Gasteiger partial charge in [-0.3, -0.25) is 4.79 Å². The van der Waals surface area contributed by atoms with E-state index < -0.39 is 4.12 Å². The summed E-state index contributed by atoms with van der Waals surface area (Å²) in [5, 5.41) is 10.9. The van der Waals surface area contributed by atoms with E-state index in [0.717, 1.165) is 0 Å². The van der Waals surface area contributed by atoms with Crippen molar-refractivity contribution in [1.29, 1.82) is 0 Å². The van der Waals surface area contributed by atoms with Crippen LogP contribution in [0.25, 0.3) is 0 Å². The zero-order chi connectivity index (χ0) is 8.20. The van der Waals surface area contributed by atoms with Crippen LogP contribution in [-0.2, 0) is 4.79 Å². The van der Waals surface area contributed by atoms with Crippen LogP contribution in [0, 0.1) is 0 Å². The topological polar surface area (TPSA) is 49.3 Å². The van der Waals surface area contributed by atoms with Crippen LogP contribution < -0.4 is 5.32 Å². The molecule has 0 aliphatic heterocycles. The maximum atomic E-state index is 11.0. The highest BCUT2D eigenvalue weighted by atomic mass is 79.9. The van der Waals surface area contributed by atoms with Crippen molar-refractivity contribution in [2.45, 2.75) is 4.12 Å². The number of halogens is 1. The maximum Gasteiger partial charge on any atom is 0.220 e. The minimum absolute atomic E-state index is 0.0190. The van der Waals surface area contributed by atoms with E-state index >= 15 is 0 Å². The number of alkyl halides is 1. The fourth-order valence-electron chi connectivity index (χ4n) is 0.380. The lowest BCUT2D eigenvalue weighted by atomic mass is 9.70. The predicted molar refractivity (Wildman–Crippen MR) is 48.8 cm³/mol. The average molecular weight is 206 g/mol. The van der Waals surface area contributed by atoms with Gasteiger partial charge in [0.2, 0.25) is 5.91 Å². The number of nitrogens with one attached hydrogen (secondary N) is 1. The molecule has 0 aliphatic rings. The molecule has 1 amide bonds. The van der Waals surface area contributed by atoms with Gasteiger partial charge in [-0.15, -0.1) is 0 Å². The Kier molecular flexibility index (Phi) is 4.05. The Labute approximate surface area is 70.5 Å². The summed E-state index contributed by atoms with van der Waals surface area (Å²) in [6.45, 7) is 0.294. The van der Waals surface area contributed by atoms with E-state index in [0.29, 0.717) is 6.54 Å². The zero-order valence-electron chi connectivity index (χ0n) is 6.15. The van der Waals surface area contributed by atoms with E-state index in [4.69, 9.17) is 5.11 Å². The second kappa shape index (κ2) is 4.03. The molecule has 3 nitrogen and oxygen atoms in total. The number of rotatable bonds is 3. The lowest BCUT2D eigenvalue weighted by Crippen LogP contribution is -2.43. The SMILES string of the molecule is BC(B)(Br)C(=O)NCCO. The van der Waals surface area contributed by atoms with Crippen LogP contribution in [0.5, 0.6) is 0 Å². The number of aliphatic hydroxyl groups is 1. The summed E-state index contributed by atoms with van der Waals surface area (Å²) in [5.41, 5.74) is 0. The van der Waals surface area contributed by atoms with Gasteiger partial charge in [-0.25, -0.2) is 0 Å². The van der Waals surface area contributed by atoms with E-state index in [1.54, 1.807) is 15.7 Å². The Bertz CT molecular complexity index is 125. The van der Waals surface area contributed by atoms with Gasteiger partial charge in [0.25, 0.3) is 0 Å². The van der Waals surface area contributed by atoms with Gasteiger partial charge in [-0.1, -0.05) is 15.9 Å². The third-order valence-electron chi connectivity index (χ3n) is 0.937. The molecule has 0 fully saturated rings. The van der Waals surface area contributed by atoms with Gasteiger partial charge in [0.15, 0.2) is 0 Å². The van der Waals surface area contributed by atoms with Gasteiger partial charge in [0.1, 0.15) is 15.7 Å². The Hall–Kier alpha value is 0.0399. The molecule has 0 heterocycles. The summed E-state index contributed by atoms with van der Waals surface area (Å²) in [6.07, 6.45) is 0. The van der Waals surface area contributed by atoms with Crippen molar-refractivity contribution >= 4 is 37.5 Å². The van der Waals surface area contributed by atoms with E-state index in [1.807, 2.05) is 0 Å². The molecule has 0 unspecified atom stereocenters. The number of aliphatic hydroxyl groups excluding tert-OH is 1. The summed E-state index contributed by atoms with van der Waals surface area (Å²) in [5.74, 6) is -0.110. The number of hydrogen-bond acceptors (Lipinski definition) is 2. The van der Waals surface area contributed by atoms with Crippen LogP contribution in [0.3, 0.4) is 0 Å². The molecule has 0 saturated heterocycles. The first-order chi connectivity index (χ1) is 4.48. The number of carbonyl (C=O) groups excluding carboxylic acids is 1. The molecule has 0 spiro atoms.